The van der Waals surface area contributed by atoms with E-state index in [0.29, 0.717) is 18.7 Å². The van der Waals surface area contributed by atoms with E-state index in [2.05, 4.69) is 4.98 Å². The number of hydrogen-bond donors (Lipinski definition) is 1. The van der Waals surface area contributed by atoms with Crippen molar-refractivity contribution in [3.8, 4) is 5.69 Å². The van der Waals surface area contributed by atoms with E-state index in [-0.39, 0.29) is 5.91 Å². The van der Waals surface area contributed by atoms with Gasteiger partial charge < -0.3 is 10.0 Å². The van der Waals surface area contributed by atoms with Crippen LogP contribution in [0.5, 0.6) is 0 Å². The first-order valence-electron chi connectivity index (χ1n) is 7.34. The Morgan fingerprint density at radius 3 is 3.09 bits per heavy atom. The summed E-state index contributed by atoms with van der Waals surface area (Å²) in [6.07, 6.45) is 6.84. The first-order valence-corrected chi connectivity index (χ1v) is 8.56. The van der Waals surface area contributed by atoms with Gasteiger partial charge in [0.1, 0.15) is 0 Å². The predicted molar refractivity (Wildman–Crippen MR) is 86.5 cm³/mol. The third-order valence-corrected chi connectivity index (χ3v) is 4.51. The van der Waals surface area contributed by atoms with Gasteiger partial charge >= 0.3 is 0 Å². The Morgan fingerprint density at radius 1 is 1.45 bits per heavy atom. The minimum Gasteiger partial charge on any atom is -0.391 e. The minimum absolute atomic E-state index is 0.0218. The summed E-state index contributed by atoms with van der Waals surface area (Å²) in [6, 6.07) is 7.55. The number of benzene rings is 1. The van der Waals surface area contributed by atoms with Gasteiger partial charge in [0, 0.05) is 36.7 Å². The van der Waals surface area contributed by atoms with Crippen LogP contribution in [0.4, 0.5) is 0 Å². The van der Waals surface area contributed by atoms with E-state index in [1.165, 1.54) is 0 Å². The second-order valence-corrected chi connectivity index (χ2v) is 6.15. The molecule has 1 aliphatic heterocycles. The third-order valence-electron chi connectivity index (χ3n) is 3.84. The molecule has 5 nitrogen and oxygen atoms in total. The van der Waals surface area contributed by atoms with Gasteiger partial charge in [-0.2, -0.15) is 0 Å². The molecule has 1 N–H and O–H groups in total. The Labute approximate surface area is 134 Å². The second-order valence-electron chi connectivity index (χ2n) is 5.38. The largest absolute Gasteiger partial charge is 0.391 e. The summed E-state index contributed by atoms with van der Waals surface area (Å²) in [6.45, 7) is 1.13. The Kier molecular flexibility index (Phi) is 4.49. The number of β-amino-alcohol motifs (C(OH)–C–C–N with tert-alkyl or cyclic N) is 1. The van der Waals surface area contributed by atoms with Crippen molar-refractivity contribution in [2.75, 3.05) is 19.3 Å². The van der Waals surface area contributed by atoms with E-state index >= 15 is 0 Å². The lowest BCUT2D eigenvalue weighted by Crippen LogP contribution is -2.42. The highest BCUT2D eigenvalue weighted by Gasteiger charge is 2.23. The first-order chi connectivity index (χ1) is 10.7. The molecule has 1 aromatic carbocycles. The normalized spacial score (nSPS) is 18.5. The second kappa shape index (κ2) is 6.54. The summed E-state index contributed by atoms with van der Waals surface area (Å²) >= 11 is 1.56. The molecule has 0 bridgehead atoms. The van der Waals surface area contributed by atoms with E-state index in [1.807, 2.05) is 41.3 Å². The molecule has 0 spiro atoms. The number of aliphatic hydroxyl groups is 1. The molecule has 1 amide bonds. The Morgan fingerprint density at radius 2 is 2.32 bits per heavy atom. The van der Waals surface area contributed by atoms with Gasteiger partial charge in [-0.25, -0.2) is 4.98 Å². The van der Waals surface area contributed by atoms with Crippen LogP contribution in [-0.4, -0.2) is 50.9 Å². The zero-order valence-corrected chi connectivity index (χ0v) is 13.3. The maximum absolute atomic E-state index is 12.6. The molecule has 1 atom stereocenters. The van der Waals surface area contributed by atoms with Crippen LogP contribution < -0.4 is 0 Å². The zero-order chi connectivity index (χ0) is 15.5. The molecule has 2 aromatic rings. The number of carbonyl (C=O) groups excluding carboxylic acids is 1. The van der Waals surface area contributed by atoms with Crippen LogP contribution >= 0.6 is 11.8 Å². The van der Waals surface area contributed by atoms with Crippen molar-refractivity contribution in [3.63, 3.8) is 0 Å². The summed E-state index contributed by atoms with van der Waals surface area (Å²) in [7, 11) is 0. The zero-order valence-electron chi connectivity index (χ0n) is 12.5. The summed E-state index contributed by atoms with van der Waals surface area (Å²) in [5, 5.41) is 10.6. The summed E-state index contributed by atoms with van der Waals surface area (Å²) < 4.78 is 1.96. The summed E-state index contributed by atoms with van der Waals surface area (Å²) in [4.78, 5) is 18.6. The topological polar surface area (TPSA) is 58.4 Å². The van der Waals surface area contributed by atoms with E-state index in [4.69, 9.17) is 0 Å². The average molecular weight is 317 g/mol. The van der Waals surface area contributed by atoms with Crippen LogP contribution in [0.15, 0.2) is 41.8 Å². The highest BCUT2D eigenvalue weighted by Crippen LogP contribution is 2.20. The van der Waals surface area contributed by atoms with Gasteiger partial charge in [-0.3, -0.25) is 9.36 Å². The smallest absolute Gasteiger partial charge is 0.254 e. The summed E-state index contributed by atoms with van der Waals surface area (Å²) in [5.74, 6) is -0.0218. The van der Waals surface area contributed by atoms with Crippen molar-refractivity contribution < 1.29 is 9.90 Å². The van der Waals surface area contributed by atoms with Gasteiger partial charge in [0.05, 0.1) is 6.10 Å². The number of nitrogens with zero attached hydrogens (tertiary/aromatic N) is 3. The van der Waals surface area contributed by atoms with Crippen molar-refractivity contribution in [1.29, 1.82) is 0 Å². The molecule has 1 fully saturated rings. The van der Waals surface area contributed by atoms with Crippen LogP contribution in [0.25, 0.3) is 5.69 Å². The van der Waals surface area contributed by atoms with Gasteiger partial charge in [0.15, 0.2) is 5.16 Å². The van der Waals surface area contributed by atoms with Gasteiger partial charge in [0.25, 0.3) is 5.91 Å². The van der Waals surface area contributed by atoms with Crippen LogP contribution in [0.2, 0.25) is 0 Å². The average Bonchev–Trinajstić information content (AvgIpc) is 3.03. The van der Waals surface area contributed by atoms with Crippen molar-refractivity contribution in [3.05, 3.63) is 42.2 Å². The van der Waals surface area contributed by atoms with E-state index < -0.39 is 6.10 Å². The number of carbonyl (C=O) groups is 1. The Balaban J connectivity index is 1.86. The van der Waals surface area contributed by atoms with Gasteiger partial charge in [-0.15, -0.1) is 0 Å². The molecule has 3 rings (SSSR count). The van der Waals surface area contributed by atoms with Crippen molar-refractivity contribution >= 4 is 17.7 Å². The number of likely N-dealkylation sites (tertiary alicyclic amines) is 1. The first kappa shape index (κ1) is 15.1. The van der Waals surface area contributed by atoms with Crippen LogP contribution in [0, 0.1) is 0 Å². The molecular weight excluding hydrogens is 298 g/mol. The lowest BCUT2D eigenvalue weighted by Gasteiger charge is -2.30. The molecule has 1 saturated heterocycles. The van der Waals surface area contributed by atoms with Crippen LogP contribution in [-0.2, 0) is 0 Å². The molecule has 2 heterocycles. The number of thioether (sulfide) groups is 1. The number of amides is 1. The number of aliphatic hydroxyl groups excluding tert-OH is 1. The van der Waals surface area contributed by atoms with Crippen molar-refractivity contribution in [1.82, 2.24) is 14.5 Å². The maximum atomic E-state index is 12.6. The maximum Gasteiger partial charge on any atom is 0.254 e. The van der Waals surface area contributed by atoms with Gasteiger partial charge in [-0.05, 0) is 37.3 Å². The van der Waals surface area contributed by atoms with Crippen LogP contribution in [0.1, 0.15) is 23.2 Å². The van der Waals surface area contributed by atoms with Crippen molar-refractivity contribution in [2.24, 2.45) is 0 Å². The fourth-order valence-electron chi connectivity index (χ4n) is 2.75. The molecule has 0 aliphatic carbocycles. The van der Waals surface area contributed by atoms with E-state index in [9.17, 15) is 9.90 Å². The standard InChI is InChI=1S/C16H19N3O2S/c1-22-16-17-7-9-19(16)13-5-2-4-12(10-13)15(21)18-8-3-6-14(20)11-18/h2,4-5,7,9-10,14,20H,3,6,8,11H2,1H3. The number of hydrogen-bond acceptors (Lipinski definition) is 4. The molecule has 22 heavy (non-hydrogen) atoms. The SMILES string of the molecule is CSc1nccn1-c1cccc(C(=O)N2CCCC(O)C2)c1. The molecule has 1 unspecified atom stereocenters. The fourth-order valence-corrected chi connectivity index (χ4v) is 3.28. The molecule has 0 saturated carbocycles. The molecule has 0 radical (unpaired) electrons. The number of rotatable bonds is 3. The molecule has 1 aliphatic rings. The highest BCUT2D eigenvalue weighted by molar-refractivity contribution is 7.98. The van der Waals surface area contributed by atoms with Crippen molar-refractivity contribution in [2.45, 2.75) is 24.1 Å². The lowest BCUT2D eigenvalue weighted by atomic mass is 10.1. The molecule has 116 valence electrons. The van der Waals surface area contributed by atoms with E-state index in [0.717, 1.165) is 23.7 Å². The van der Waals surface area contributed by atoms with Crippen LogP contribution in [0.3, 0.4) is 0 Å². The Hall–Kier alpha value is -1.79. The quantitative estimate of drug-likeness (QED) is 0.882. The lowest BCUT2D eigenvalue weighted by molar-refractivity contribution is 0.0474. The Bertz CT molecular complexity index is 671. The summed E-state index contributed by atoms with van der Waals surface area (Å²) in [5.41, 5.74) is 1.57. The van der Waals surface area contributed by atoms with Gasteiger partial charge in [0.2, 0.25) is 0 Å². The minimum atomic E-state index is -0.405. The van der Waals surface area contributed by atoms with E-state index in [1.54, 1.807) is 22.9 Å². The monoisotopic (exact) mass is 317 g/mol. The van der Waals surface area contributed by atoms with Gasteiger partial charge in [-0.1, -0.05) is 17.8 Å². The predicted octanol–water partition coefficient (Wildman–Crippen LogP) is 2.19. The fraction of sp³-hybridized carbons (Fsp3) is 0.375. The molecule has 1 aromatic heterocycles. The number of piperidine rings is 1. The third kappa shape index (κ3) is 3.03. The highest BCUT2D eigenvalue weighted by atomic mass is 32.2. The number of imidazole rings is 1. The molecular formula is C16H19N3O2S. The number of aromatic nitrogens is 2. The molecule has 6 heteroatoms.